The summed E-state index contributed by atoms with van der Waals surface area (Å²) >= 11 is 0. The highest BCUT2D eigenvalue weighted by molar-refractivity contribution is 5.95. The number of carbonyl (C=O) groups is 2. The average Bonchev–Trinajstić information content (AvgIpc) is 3.19. The second-order valence-corrected chi connectivity index (χ2v) is 6.23. The van der Waals surface area contributed by atoms with Crippen LogP contribution in [0, 0.1) is 0 Å². The molecule has 1 aliphatic rings. The number of nitrogens with one attached hydrogen (secondary N) is 1. The maximum absolute atomic E-state index is 12.1. The summed E-state index contributed by atoms with van der Waals surface area (Å²) in [5.41, 5.74) is 5.56. The monoisotopic (exact) mass is 389 g/mol. The zero-order valence-corrected chi connectivity index (χ0v) is 15.4. The Bertz CT molecular complexity index is 803. The van der Waals surface area contributed by atoms with E-state index in [9.17, 15) is 9.59 Å². The molecule has 28 heavy (non-hydrogen) atoms. The van der Waals surface area contributed by atoms with Crippen molar-refractivity contribution in [3.05, 3.63) is 41.5 Å². The number of morpholine rings is 1. The topological polar surface area (TPSA) is 133 Å². The van der Waals surface area contributed by atoms with Gasteiger partial charge in [0, 0.05) is 19.6 Å². The summed E-state index contributed by atoms with van der Waals surface area (Å²) in [4.78, 5) is 29.8. The van der Waals surface area contributed by atoms with E-state index >= 15 is 0 Å². The molecule has 1 aromatic carbocycles. The Morgan fingerprint density at radius 1 is 1.25 bits per heavy atom. The molecule has 3 rings (SSSR count). The Labute approximate surface area is 162 Å². The van der Waals surface area contributed by atoms with Crippen LogP contribution in [0.4, 0.5) is 0 Å². The molecule has 1 aromatic heterocycles. The Balaban J connectivity index is 1.43. The van der Waals surface area contributed by atoms with Crippen LogP contribution in [-0.4, -0.2) is 66.2 Å². The van der Waals surface area contributed by atoms with E-state index in [1.54, 1.807) is 24.3 Å². The van der Waals surface area contributed by atoms with Crippen molar-refractivity contribution in [2.75, 3.05) is 39.4 Å². The van der Waals surface area contributed by atoms with Gasteiger partial charge in [-0.2, -0.15) is 4.98 Å². The van der Waals surface area contributed by atoms with Crippen molar-refractivity contribution in [3.63, 3.8) is 0 Å². The zero-order valence-electron chi connectivity index (χ0n) is 15.4. The number of nitrogens with two attached hydrogens (primary N) is 1. The predicted octanol–water partition coefficient (Wildman–Crippen LogP) is 0.200. The third-order valence-corrected chi connectivity index (χ3v) is 4.21. The van der Waals surface area contributed by atoms with Gasteiger partial charge < -0.3 is 25.0 Å². The molecule has 150 valence electrons. The highest BCUT2D eigenvalue weighted by Crippen LogP contribution is 2.18. The van der Waals surface area contributed by atoms with Crippen molar-refractivity contribution in [2.45, 2.75) is 13.0 Å². The molecule has 10 heteroatoms. The van der Waals surface area contributed by atoms with Gasteiger partial charge in [-0.05, 0) is 25.1 Å². The van der Waals surface area contributed by atoms with Crippen LogP contribution in [0.2, 0.25) is 0 Å². The molecule has 2 amide bonds. The number of hydrogen-bond acceptors (Lipinski definition) is 8. The quantitative estimate of drug-likeness (QED) is 0.581. The number of primary amides is 1. The summed E-state index contributed by atoms with van der Waals surface area (Å²) in [7, 11) is 0. The van der Waals surface area contributed by atoms with Crippen LogP contribution in [0.3, 0.4) is 0 Å². The van der Waals surface area contributed by atoms with Gasteiger partial charge >= 0.3 is 11.8 Å². The number of amides is 2. The van der Waals surface area contributed by atoms with Crippen molar-refractivity contribution < 1.29 is 23.6 Å². The molecule has 10 nitrogen and oxygen atoms in total. The number of carbonyl (C=O) groups excluding carboxylic acids is 2. The molecule has 3 N–H and O–H groups in total. The maximum atomic E-state index is 12.1. The Morgan fingerprint density at radius 3 is 2.82 bits per heavy atom. The standard InChI is InChI=1S/C18H23N5O5/c19-16(24)13-4-1-2-5-14(13)27-12-15-21-18(28-22-15)17(25)20-6-3-7-23-8-10-26-11-9-23/h1-2,4-5H,3,6-12H2,(H2,19,24)(H,20,25). The lowest BCUT2D eigenvalue weighted by molar-refractivity contribution is 0.0374. The normalized spacial score (nSPS) is 14.6. The lowest BCUT2D eigenvalue weighted by Gasteiger charge is -2.26. The summed E-state index contributed by atoms with van der Waals surface area (Å²) in [5.74, 6) is -0.654. The average molecular weight is 389 g/mol. The van der Waals surface area contributed by atoms with Crippen LogP contribution in [0.25, 0.3) is 0 Å². The first-order valence-corrected chi connectivity index (χ1v) is 9.06. The highest BCUT2D eigenvalue weighted by atomic mass is 16.5. The molecule has 0 unspecified atom stereocenters. The van der Waals surface area contributed by atoms with E-state index in [0.717, 1.165) is 39.3 Å². The first kappa shape index (κ1) is 19.8. The molecule has 0 radical (unpaired) electrons. The maximum Gasteiger partial charge on any atom is 0.316 e. The first-order chi connectivity index (χ1) is 13.6. The fourth-order valence-electron chi connectivity index (χ4n) is 2.75. The van der Waals surface area contributed by atoms with Crippen molar-refractivity contribution in [1.82, 2.24) is 20.4 Å². The van der Waals surface area contributed by atoms with E-state index in [4.69, 9.17) is 19.7 Å². The molecule has 2 heterocycles. The van der Waals surface area contributed by atoms with Gasteiger partial charge in [-0.25, -0.2) is 0 Å². The van der Waals surface area contributed by atoms with Crippen LogP contribution in [0.15, 0.2) is 28.8 Å². The molecule has 0 bridgehead atoms. The van der Waals surface area contributed by atoms with E-state index in [-0.39, 0.29) is 23.9 Å². The number of nitrogens with zero attached hydrogens (tertiary/aromatic N) is 3. The van der Waals surface area contributed by atoms with E-state index < -0.39 is 11.8 Å². The summed E-state index contributed by atoms with van der Waals surface area (Å²) < 4.78 is 15.8. The van der Waals surface area contributed by atoms with Crippen LogP contribution in [0.5, 0.6) is 5.75 Å². The molecule has 1 saturated heterocycles. The van der Waals surface area contributed by atoms with Crippen molar-refractivity contribution >= 4 is 11.8 Å². The van der Waals surface area contributed by atoms with Gasteiger partial charge in [0.15, 0.2) is 6.61 Å². The van der Waals surface area contributed by atoms with Crippen LogP contribution >= 0.6 is 0 Å². The first-order valence-electron chi connectivity index (χ1n) is 9.06. The second-order valence-electron chi connectivity index (χ2n) is 6.23. The molecule has 0 saturated carbocycles. The van der Waals surface area contributed by atoms with Crippen molar-refractivity contribution in [2.24, 2.45) is 5.73 Å². The number of para-hydroxylation sites is 1. The summed E-state index contributed by atoms with van der Waals surface area (Å²) in [6, 6.07) is 6.57. The Hall–Kier alpha value is -2.98. The van der Waals surface area contributed by atoms with Gasteiger partial charge in [0.05, 0.1) is 18.8 Å². The molecule has 0 aliphatic carbocycles. The molecule has 0 spiro atoms. The third kappa shape index (κ3) is 5.51. The van der Waals surface area contributed by atoms with Gasteiger partial charge in [0.1, 0.15) is 5.75 Å². The van der Waals surface area contributed by atoms with Gasteiger partial charge in [-0.1, -0.05) is 17.3 Å². The summed E-state index contributed by atoms with van der Waals surface area (Å²) in [6.45, 7) is 4.69. The summed E-state index contributed by atoms with van der Waals surface area (Å²) in [6.07, 6.45) is 0.819. The van der Waals surface area contributed by atoms with Gasteiger partial charge in [0.25, 0.3) is 5.91 Å². The number of benzene rings is 1. The number of hydrogen-bond donors (Lipinski definition) is 2. The van der Waals surface area contributed by atoms with Gasteiger partial charge in [0.2, 0.25) is 5.82 Å². The van der Waals surface area contributed by atoms with E-state index in [0.29, 0.717) is 12.3 Å². The third-order valence-electron chi connectivity index (χ3n) is 4.21. The predicted molar refractivity (Wildman–Crippen MR) is 97.8 cm³/mol. The lowest BCUT2D eigenvalue weighted by Crippen LogP contribution is -2.38. The fraction of sp³-hybridized carbons (Fsp3) is 0.444. The molecule has 0 atom stereocenters. The largest absolute Gasteiger partial charge is 0.485 e. The fourth-order valence-corrected chi connectivity index (χ4v) is 2.75. The molecular formula is C18H23N5O5. The van der Waals surface area contributed by atoms with E-state index in [1.807, 2.05) is 0 Å². The van der Waals surface area contributed by atoms with Gasteiger partial charge in [-0.15, -0.1) is 0 Å². The minimum absolute atomic E-state index is 0.0574. The zero-order chi connectivity index (χ0) is 19.8. The number of rotatable bonds is 9. The summed E-state index contributed by atoms with van der Waals surface area (Å²) in [5, 5.41) is 6.47. The number of ether oxygens (including phenoxy) is 2. The molecule has 2 aromatic rings. The molecular weight excluding hydrogens is 366 g/mol. The minimum Gasteiger partial charge on any atom is -0.485 e. The SMILES string of the molecule is NC(=O)c1ccccc1OCc1noc(C(=O)NCCCN2CCOCC2)n1. The molecule has 1 aliphatic heterocycles. The minimum atomic E-state index is -0.596. The smallest absolute Gasteiger partial charge is 0.316 e. The second kappa shape index (κ2) is 9.81. The molecule has 1 fully saturated rings. The van der Waals surface area contributed by atoms with Crippen molar-refractivity contribution in [1.29, 1.82) is 0 Å². The highest BCUT2D eigenvalue weighted by Gasteiger charge is 2.16. The Kier molecular flexibility index (Phi) is 6.93. The lowest BCUT2D eigenvalue weighted by atomic mass is 10.2. The van der Waals surface area contributed by atoms with Crippen molar-refractivity contribution in [3.8, 4) is 5.75 Å². The number of aromatic nitrogens is 2. The van der Waals surface area contributed by atoms with Gasteiger partial charge in [-0.3, -0.25) is 14.5 Å². The van der Waals surface area contributed by atoms with E-state index in [2.05, 4.69) is 20.4 Å². The van der Waals surface area contributed by atoms with Crippen LogP contribution < -0.4 is 15.8 Å². The Morgan fingerprint density at radius 2 is 2.04 bits per heavy atom. The van der Waals surface area contributed by atoms with E-state index in [1.165, 1.54) is 0 Å². The van der Waals surface area contributed by atoms with Crippen LogP contribution in [-0.2, 0) is 11.3 Å². The van der Waals surface area contributed by atoms with Crippen LogP contribution in [0.1, 0.15) is 33.3 Å².